The fourth-order valence-corrected chi connectivity index (χ4v) is 3.25. The van der Waals surface area contributed by atoms with Crippen molar-refractivity contribution in [3.8, 4) is 6.07 Å². The van der Waals surface area contributed by atoms with E-state index < -0.39 is 0 Å². The summed E-state index contributed by atoms with van der Waals surface area (Å²) in [6.07, 6.45) is 4.26. The van der Waals surface area contributed by atoms with Crippen molar-refractivity contribution in [2.75, 3.05) is 27.7 Å². The van der Waals surface area contributed by atoms with E-state index in [1.807, 2.05) is 7.05 Å². The van der Waals surface area contributed by atoms with E-state index in [4.69, 9.17) is 0 Å². The van der Waals surface area contributed by atoms with Gasteiger partial charge in [0.25, 0.3) is 0 Å². The second-order valence-electron chi connectivity index (χ2n) is 7.36. The third-order valence-corrected chi connectivity index (χ3v) is 5.45. The van der Waals surface area contributed by atoms with Crippen LogP contribution in [0.15, 0.2) is 0 Å². The van der Waals surface area contributed by atoms with Gasteiger partial charge in [-0.05, 0) is 37.6 Å². The van der Waals surface area contributed by atoms with Gasteiger partial charge >= 0.3 is 0 Å². The molecule has 3 atom stereocenters. The molecule has 0 N–H and O–H groups in total. The first kappa shape index (κ1) is 18.0. The quantitative estimate of drug-likeness (QED) is 0.783. The van der Waals surface area contributed by atoms with Crippen LogP contribution in [0.1, 0.15) is 46.5 Å². The zero-order valence-corrected chi connectivity index (χ0v) is 14.5. The van der Waals surface area contributed by atoms with E-state index in [0.717, 1.165) is 25.7 Å². The standard InChI is InChI=1S/C17H31N3O/c1-7-17(2,3)14-9-8-13(11-18)15(10-14)20(6)12-16(21)19(4)5/h13-15H,7-10,12H2,1-6H3. The molecule has 0 aromatic heterocycles. The summed E-state index contributed by atoms with van der Waals surface area (Å²) in [7, 11) is 5.54. The fraction of sp³-hybridized carbons (Fsp3) is 0.882. The number of nitriles is 1. The maximum atomic E-state index is 11.9. The molecule has 0 aromatic rings. The summed E-state index contributed by atoms with van der Waals surface area (Å²) in [5, 5.41) is 9.43. The van der Waals surface area contributed by atoms with E-state index in [2.05, 4.69) is 31.7 Å². The van der Waals surface area contributed by atoms with Gasteiger partial charge in [0.2, 0.25) is 5.91 Å². The summed E-state index contributed by atoms with van der Waals surface area (Å²) in [4.78, 5) is 15.6. The molecule has 0 radical (unpaired) electrons. The molecule has 21 heavy (non-hydrogen) atoms. The highest BCUT2D eigenvalue weighted by Gasteiger charge is 2.39. The molecule has 0 bridgehead atoms. The van der Waals surface area contributed by atoms with E-state index in [0.29, 0.717) is 17.9 Å². The molecule has 1 aliphatic carbocycles. The highest BCUT2D eigenvalue weighted by atomic mass is 16.2. The predicted octanol–water partition coefficient (Wildman–Crippen LogP) is 2.75. The first-order valence-corrected chi connectivity index (χ1v) is 8.03. The summed E-state index contributed by atoms with van der Waals surface area (Å²) >= 11 is 0. The van der Waals surface area contributed by atoms with Crippen LogP contribution < -0.4 is 0 Å². The van der Waals surface area contributed by atoms with Crippen LogP contribution in [0.4, 0.5) is 0 Å². The Bertz CT molecular complexity index is 397. The molecule has 0 spiro atoms. The number of carbonyl (C=O) groups is 1. The third-order valence-electron chi connectivity index (χ3n) is 5.45. The Hall–Kier alpha value is -1.08. The van der Waals surface area contributed by atoms with Crippen LogP contribution in [-0.2, 0) is 4.79 Å². The third kappa shape index (κ3) is 4.44. The number of rotatable bonds is 5. The highest BCUT2D eigenvalue weighted by molar-refractivity contribution is 5.77. The van der Waals surface area contributed by atoms with Crippen molar-refractivity contribution in [2.24, 2.45) is 17.3 Å². The van der Waals surface area contributed by atoms with Gasteiger partial charge in [-0.2, -0.15) is 5.26 Å². The summed E-state index contributed by atoms with van der Waals surface area (Å²) in [5.74, 6) is 0.786. The minimum Gasteiger partial charge on any atom is -0.348 e. The molecular weight excluding hydrogens is 262 g/mol. The van der Waals surface area contributed by atoms with Crippen molar-refractivity contribution < 1.29 is 4.79 Å². The van der Waals surface area contributed by atoms with Crippen molar-refractivity contribution >= 4 is 5.91 Å². The number of amides is 1. The molecule has 1 rings (SSSR count). The fourth-order valence-electron chi connectivity index (χ4n) is 3.25. The van der Waals surface area contributed by atoms with Gasteiger partial charge in [0, 0.05) is 20.1 Å². The summed E-state index contributed by atoms with van der Waals surface area (Å²) in [5.41, 5.74) is 0.311. The SMILES string of the molecule is CCC(C)(C)C1CCC(C#N)C(N(C)CC(=O)N(C)C)C1. The smallest absolute Gasteiger partial charge is 0.236 e. The molecule has 0 aliphatic heterocycles. The van der Waals surface area contributed by atoms with E-state index in [1.165, 1.54) is 0 Å². The minimum absolute atomic E-state index is 0.0499. The van der Waals surface area contributed by atoms with Gasteiger partial charge in [-0.1, -0.05) is 27.2 Å². The predicted molar refractivity (Wildman–Crippen MR) is 85.6 cm³/mol. The number of carbonyl (C=O) groups excluding carboxylic acids is 1. The Balaban J connectivity index is 2.80. The maximum Gasteiger partial charge on any atom is 0.236 e. The number of hydrogen-bond donors (Lipinski definition) is 0. The van der Waals surface area contributed by atoms with E-state index in [1.54, 1.807) is 19.0 Å². The average Bonchev–Trinajstić information content (AvgIpc) is 2.46. The maximum absolute atomic E-state index is 11.9. The first-order valence-electron chi connectivity index (χ1n) is 8.03. The van der Waals surface area contributed by atoms with Gasteiger partial charge in [0.1, 0.15) is 0 Å². The van der Waals surface area contributed by atoms with Crippen LogP contribution in [0.5, 0.6) is 0 Å². The number of hydrogen-bond acceptors (Lipinski definition) is 3. The Labute approximate surface area is 130 Å². The Morgan fingerprint density at radius 2 is 1.90 bits per heavy atom. The van der Waals surface area contributed by atoms with Gasteiger partial charge in [-0.15, -0.1) is 0 Å². The van der Waals surface area contributed by atoms with Crippen LogP contribution in [0, 0.1) is 28.6 Å². The van der Waals surface area contributed by atoms with Gasteiger partial charge in [0.05, 0.1) is 18.5 Å². The topological polar surface area (TPSA) is 47.3 Å². The first-order chi connectivity index (χ1) is 9.72. The van der Waals surface area contributed by atoms with Gasteiger partial charge in [0.15, 0.2) is 0 Å². The molecule has 120 valence electrons. The minimum atomic E-state index is 0.0499. The number of nitrogens with zero attached hydrogens (tertiary/aromatic N) is 3. The molecule has 0 heterocycles. The zero-order chi connectivity index (χ0) is 16.2. The van der Waals surface area contributed by atoms with Crippen molar-refractivity contribution in [1.82, 2.24) is 9.80 Å². The molecule has 1 saturated carbocycles. The van der Waals surface area contributed by atoms with Crippen molar-refractivity contribution in [3.63, 3.8) is 0 Å². The average molecular weight is 293 g/mol. The monoisotopic (exact) mass is 293 g/mol. The van der Waals surface area contributed by atoms with Crippen molar-refractivity contribution in [2.45, 2.75) is 52.5 Å². The molecule has 0 saturated heterocycles. The highest BCUT2D eigenvalue weighted by Crippen LogP contribution is 2.43. The van der Waals surface area contributed by atoms with Crippen LogP contribution in [-0.4, -0.2) is 49.4 Å². The van der Waals surface area contributed by atoms with Gasteiger partial charge in [-0.25, -0.2) is 0 Å². The molecule has 0 aromatic carbocycles. The van der Waals surface area contributed by atoms with Crippen molar-refractivity contribution in [3.05, 3.63) is 0 Å². The second kappa shape index (κ2) is 7.26. The Morgan fingerprint density at radius 3 is 2.38 bits per heavy atom. The van der Waals surface area contributed by atoms with Crippen LogP contribution in [0.2, 0.25) is 0 Å². The lowest BCUT2D eigenvalue weighted by Crippen LogP contribution is -2.47. The Kier molecular flexibility index (Phi) is 6.22. The lowest BCUT2D eigenvalue weighted by atomic mass is 9.66. The van der Waals surface area contributed by atoms with E-state index >= 15 is 0 Å². The molecule has 1 aliphatic rings. The summed E-state index contributed by atoms with van der Waals surface area (Å²) in [6.45, 7) is 7.29. The normalized spacial score (nSPS) is 26.5. The molecular formula is C17H31N3O. The van der Waals surface area contributed by atoms with E-state index in [-0.39, 0.29) is 17.9 Å². The second-order valence-corrected chi connectivity index (χ2v) is 7.36. The van der Waals surface area contributed by atoms with Crippen LogP contribution in [0.3, 0.4) is 0 Å². The summed E-state index contributed by atoms with van der Waals surface area (Å²) < 4.78 is 0. The van der Waals surface area contributed by atoms with E-state index in [9.17, 15) is 10.1 Å². The van der Waals surface area contributed by atoms with Gasteiger partial charge in [-0.3, -0.25) is 9.69 Å². The van der Waals surface area contributed by atoms with Gasteiger partial charge < -0.3 is 4.90 Å². The molecule has 1 fully saturated rings. The Morgan fingerprint density at radius 1 is 1.29 bits per heavy atom. The molecule has 4 nitrogen and oxygen atoms in total. The lowest BCUT2D eigenvalue weighted by molar-refractivity contribution is -0.130. The van der Waals surface area contributed by atoms with Crippen LogP contribution in [0.25, 0.3) is 0 Å². The zero-order valence-electron chi connectivity index (χ0n) is 14.5. The number of likely N-dealkylation sites (N-methyl/N-ethyl adjacent to an activating group) is 2. The molecule has 3 unspecified atom stereocenters. The molecule has 4 heteroatoms. The van der Waals surface area contributed by atoms with Crippen LogP contribution >= 0.6 is 0 Å². The lowest BCUT2D eigenvalue weighted by Gasteiger charge is -2.44. The van der Waals surface area contributed by atoms with Crippen molar-refractivity contribution in [1.29, 1.82) is 5.26 Å². The summed E-state index contributed by atoms with van der Waals surface area (Å²) in [6, 6.07) is 2.66. The largest absolute Gasteiger partial charge is 0.348 e. The molecule has 1 amide bonds.